The van der Waals surface area contributed by atoms with Gasteiger partial charge in [-0.2, -0.15) is 0 Å². The summed E-state index contributed by atoms with van der Waals surface area (Å²) in [5.41, 5.74) is 9.43. The molecule has 13 heavy (non-hydrogen) atoms. The highest BCUT2D eigenvalue weighted by molar-refractivity contribution is 5.30. The molecule has 1 unspecified atom stereocenters. The highest BCUT2D eigenvalue weighted by atomic mass is 16.5. The maximum Gasteiger partial charge on any atom is 0.0728 e. The van der Waals surface area contributed by atoms with Gasteiger partial charge in [0.1, 0.15) is 0 Å². The number of ether oxygens (including phenoxy) is 1. The molecule has 1 aromatic rings. The lowest BCUT2D eigenvalue weighted by atomic mass is 10.1. The van der Waals surface area contributed by atoms with Gasteiger partial charge in [-0.1, -0.05) is 6.07 Å². The first kappa shape index (κ1) is 8.66. The Morgan fingerprint density at radius 1 is 1.62 bits per heavy atom. The first-order valence-corrected chi connectivity index (χ1v) is 4.51. The van der Waals surface area contributed by atoms with Crippen LogP contribution in [0.4, 0.5) is 0 Å². The lowest BCUT2D eigenvalue weighted by molar-refractivity contribution is 0.184. The zero-order chi connectivity index (χ0) is 9.26. The van der Waals surface area contributed by atoms with Crippen molar-refractivity contribution in [3.63, 3.8) is 0 Å². The van der Waals surface area contributed by atoms with Gasteiger partial charge < -0.3 is 10.5 Å². The molecule has 0 radical (unpaired) electrons. The molecule has 3 nitrogen and oxygen atoms in total. The summed E-state index contributed by atoms with van der Waals surface area (Å²) < 4.78 is 5.04. The zero-order valence-corrected chi connectivity index (χ0v) is 7.79. The number of aromatic nitrogens is 1. The maximum atomic E-state index is 5.84. The Balaban J connectivity index is 2.24. The molecular weight excluding hydrogens is 164 g/mol. The molecule has 2 N–H and O–H groups in total. The number of methoxy groups -OCH3 is 1. The van der Waals surface area contributed by atoms with Crippen LogP contribution in [0.15, 0.2) is 12.3 Å². The summed E-state index contributed by atoms with van der Waals surface area (Å²) in [6, 6.07) is 2.42. The topological polar surface area (TPSA) is 48.1 Å². The van der Waals surface area contributed by atoms with Crippen LogP contribution in [0, 0.1) is 0 Å². The van der Waals surface area contributed by atoms with Crippen LogP contribution < -0.4 is 5.73 Å². The van der Waals surface area contributed by atoms with E-state index in [0.717, 1.165) is 24.1 Å². The van der Waals surface area contributed by atoms with Crippen LogP contribution in [0.1, 0.15) is 16.8 Å². The minimum atomic E-state index is 0.264. The van der Waals surface area contributed by atoms with Gasteiger partial charge in [0.05, 0.1) is 6.61 Å². The number of pyridine rings is 1. The van der Waals surface area contributed by atoms with Gasteiger partial charge >= 0.3 is 0 Å². The Morgan fingerprint density at radius 3 is 3.23 bits per heavy atom. The summed E-state index contributed by atoms with van der Waals surface area (Å²) in [4.78, 5) is 4.37. The van der Waals surface area contributed by atoms with Gasteiger partial charge in [0.15, 0.2) is 0 Å². The highest BCUT2D eigenvalue weighted by Gasteiger charge is 2.19. The number of nitrogens with zero attached hydrogens (tertiary/aromatic N) is 1. The maximum absolute atomic E-state index is 5.84. The van der Waals surface area contributed by atoms with E-state index in [1.165, 1.54) is 5.56 Å². The van der Waals surface area contributed by atoms with Gasteiger partial charge in [-0.25, -0.2) is 0 Å². The molecule has 2 rings (SSSR count). The van der Waals surface area contributed by atoms with Crippen LogP contribution in [0.3, 0.4) is 0 Å². The van der Waals surface area contributed by atoms with E-state index in [1.807, 2.05) is 6.20 Å². The van der Waals surface area contributed by atoms with Crippen LogP contribution >= 0.6 is 0 Å². The average molecular weight is 178 g/mol. The third kappa shape index (κ3) is 1.71. The van der Waals surface area contributed by atoms with E-state index < -0.39 is 0 Å². The average Bonchev–Trinajstić information content (AvgIpc) is 2.44. The van der Waals surface area contributed by atoms with E-state index in [1.54, 1.807) is 7.11 Å². The fourth-order valence-electron chi connectivity index (χ4n) is 1.80. The SMILES string of the molecule is COCc1cnc2c(c1)CC(N)C2. The summed E-state index contributed by atoms with van der Waals surface area (Å²) >= 11 is 0. The molecule has 70 valence electrons. The molecule has 1 atom stereocenters. The molecule has 0 bridgehead atoms. The fraction of sp³-hybridized carbons (Fsp3) is 0.500. The fourth-order valence-corrected chi connectivity index (χ4v) is 1.80. The van der Waals surface area contributed by atoms with Gasteiger partial charge in [0.25, 0.3) is 0 Å². The molecule has 0 saturated heterocycles. The van der Waals surface area contributed by atoms with Crippen LogP contribution in [0.25, 0.3) is 0 Å². The number of hydrogen-bond acceptors (Lipinski definition) is 3. The summed E-state index contributed by atoms with van der Waals surface area (Å²) in [6.45, 7) is 0.634. The largest absolute Gasteiger partial charge is 0.380 e. The lowest BCUT2D eigenvalue weighted by Crippen LogP contribution is -2.19. The standard InChI is InChI=1S/C10H14N2O/c1-13-6-7-2-8-3-9(11)4-10(8)12-5-7/h2,5,9H,3-4,6,11H2,1H3. The second kappa shape index (κ2) is 3.44. The van der Waals surface area contributed by atoms with E-state index in [-0.39, 0.29) is 6.04 Å². The highest BCUT2D eigenvalue weighted by Crippen LogP contribution is 2.20. The van der Waals surface area contributed by atoms with Crippen molar-refractivity contribution in [2.75, 3.05) is 7.11 Å². The van der Waals surface area contributed by atoms with Crippen LogP contribution in [-0.4, -0.2) is 18.1 Å². The number of rotatable bonds is 2. The molecular formula is C10H14N2O. The predicted molar refractivity (Wildman–Crippen MR) is 50.3 cm³/mol. The number of fused-ring (bicyclic) bond motifs is 1. The van der Waals surface area contributed by atoms with Crippen LogP contribution in [-0.2, 0) is 24.2 Å². The van der Waals surface area contributed by atoms with Crippen molar-refractivity contribution in [1.82, 2.24) is 4.98 Å². The number of hydrogen-bond donors (Lipinski definition) is 1. The van der Waals surface area contributed by atoms with Crippen molar-refractivity contribution < 1.29 is 4.74 Å². The van der Waals surface area contributed by atoms with E-state index >= 15 is 0 Å². The quantitative estimate of drug-likeness (QED) is 0.723. The van der Waals surface area contributed by atoms with Crippen molar-refractivity contribution >= 4 is 0 Å². The Bertz CT molecular complexity index is 312. The van der Waals surface area contributed by atoms with Crippen molar-refractivity contribution in [3.05, 3.63) is 29.1 Å². The van der Waals surface area contributed by atoms with Gasteiger partial charge in [-0.15, -0.1) is 0 Å². The van der Waals surface area contributed by atoms with Crippen LogP contribution in [0.5, 0.6) is 0 Å². The molecule has 1 aliphatic rings. The normalized spacial score (nSPS) is 20.3. The lowest BCUT2D eigenvalue weighted by Gasteiger charge is -2.01. The van der Waals surface area contributed by atoms with Crippen molar-refractivity contribution in [2.45, 2.75) is 25.5 Å². The predicted octanol–water partition coefficient (Wildman–Crippen LogP) is 0.654. The first-order valence-electron chi connectivity index (χ1n) is 4.51. The summed E-state index contributed by atoms with van der Waals surface area (Å²) in [6.07, 6.45) is 3.75. The molecule has 0 saturated carbocycles. The Kier molecular flexibility index (Phi) is 2.29. The molecule has 0 aromatic carbocycles. The molecule has 0 spiro atoms. The molecule has 1 aromatic heterocycles. The second-order valence-corrected chi connectivity index (χ2v) is 3.55. The van der Waals surface area contributed by atoms with Crippen molar-refractivity contribution in [2.24, 2.45) is 5.73 Å². The molecule has 0 aliphatic heterocycles. The molecule has 0 fully saturated rings. The summed E-state index contributed by atoms with van der Waals surface area (Å²) in [5.74, 6) is 0. The minimum absolute atomic E-state index is 0.264. The molecule has 1 aliphatic carbocycles. The Labute approximate surface area is 77.9 Å². The summed E-state index contributed by atoms with van der Waals surface area (Å²) in [5, 5.41) is 0. The third-order valence-corrected chi connectivity index (χ3v) is 2.37. The van der Waals surface area contributed by atoms with Gasteiger partial charge in [0.2, 0.25) is 0 Å². The number of nitrogens with two attached hydrogens (primary N) is 1. The monoisotopic (exact) mass is 178 g/mol. The second-order valence-electron chi connectivity index (χ2n) is 3.55. The van der Waals surface area contributed by atoms with Gasteiger partial charge in [-0.3, -0.25) is 4.98 Å². The zero-order valence-electron chi connectivity index (χ0n) is 7.79. The Hall–Kier alpha value is -0.930. The van der Waals surface area contributed by atoms with Gasteiger partial charge in [-0.05, 0) is 17.5 Å². The van der Waals surface area contributed by atoms with Crippen LogP contribution in [0.2, 0.25) is 0 Å². The third-order valence-electron chi connectivity index (χ3n) is 2.37. The van der Waals surface area contributed by atoms with Crippen molar-refractivity contribution in [3.8, 4) is 0 Å². The van der Waals surface area contributed by atoms with E-state index in [2.05, 4.69) is 11.1 Å². The van der Waals surface area contributed by atoms with E-state index in [4.69, 9.17) is 10.5 Å². The van der Waals surface area contributed by atoms with E-state index in [9.17, 15) is 0 Å². The minimum Gasteiger partial charge on any atom is -0.380 e. The smallest absolute Gasteiger partial charge is 0.0728 e. The van der Waals surface area contributed by atoms with Gasteiger partial charge in [0, 0.05) is 31.5 Å². The van der Waals surface area contributed by atoms with E-state index in [0.29, 0.717) is 6.61 Å². The Morgan fingerprint density at radius 2 is 2.46 bits per heavy atom. The first-order chi connectivity index (χ1) is 6.29. The molecule has 0 amide bonds. The molecule has 3 heteroatoms. The van der Waals surface area contributed by atoms with Crippen molar-refractivity contribution in [1.29, 1.82) is 0 Å². The molecule has 1 heterocycles. The summed E-state index contributed by atoms with van der Waals surface area (Å²) in [7, 11) is 1.69.